The SMILES string of the molecule is COC(=O)C(CSC)c1ccc(Br)s1. The number of esters is 1. The van der Waals surface area contributed by atoms with Crippen LogP contribution in [0, 0.1) is 0 Å². The molecule has 0 N–H and O–H groups in total. The summed E-state index contributed by atoms with van der Waals surface area (Å²) in [6.07, 6.45) is 1.98. The van der Waals surface area contributed by atoms with E-state index in [-0.39, 0.29) is 11.9 Å². The Labute approximate surface area is 100 Å². The number of thiophene rings is 1. The number of rotatable bonds is 4. The van der Waals surface area contributed by atoms with Crippen molar-refractivity contribution in [1.29, 1.82) is 0 Å². The molecular formula is C9H11BrO2S2. The molecule has 0 aliphatic carbocycles. The first-order valence-corrected chi connectivity index (χ1v) is 7.01. The summed E-state index contributed by atoms with van der Waals surface area (Å²) in [5.74, 6) is 0.472. The largest absolute Gasteiger partial charge is 0.469 e. The van der Waals surface area contributed by atoms with Crippen LogP contribution in [0.2, 0.25) is 0 Å². The molecule has 0 saturated carbocycles. The van der Waals surface area contributed by atoms with Crippen molar-refractivity contribution in [3.8, 4) is 0 Å². The summed E-state index contributed by atoms with van der Waals surface area (Å²) in [4.78, 5) is 12.5. The third-order valence-electron chi connectivity index (χ3n) is 1.76. The Morgan fingerprint density at radius 3 is 2.86 bits per heavy atom. The number of thioether (sulfide) groups is 1. The van der Waals surface area contributed by atoms with Crippen LogP contribution in [0.25, 0.3) is 0 Å². The molecule has 0 fully saturated rings. The Bertz CT molecular complexity index is 312. The van der Waals surface area contributed by atoms with Gasteiger partial charge in [-0.3, -0.25) is 4.79 Å². The molecule has 1 atom stereocenters. The summed E-state index contributed by atoms with van der Waals surface area (Å²) >= 11 is 6.61. The molecule has 0 bridgehead atoms. The second-order valence-corrected chi connectivity index (χ2v) is 6.08. The number of halogens is 1. The maximum absolute atomic E-state index is 11.5. The topological polar surface area (TPSA) is 26.3 Å². The molecule has 0 aromatic carbocycles. The van der Waals surface area contributed by atoms with Crippen molar-refractivity contribution in [2.24, 2.45) is 0 Å². The van der Waals surface area contributed by atoms with Gasteiger partial charge >= 0.3 is 5.97 Å². The minimum absolute atomic E-state index is 0.133. The molecule has 2 nitrogen and oxygen atoms in total. The molecular weight excluding hydrogens is 284 g/mol. The van der Waals surface area contributed by atoms with Gasteiger partial charge < -0.3 is 4.74 Å². The van der Waals surface area contributed by atoms with E-state index in [0.717, 1.165) is 14.4 Å². The molecule has 0 saturated heterocycles. The van der Waals surface area contributed by atoms with Gasteiger partial charge in [0.1, 0.15) is 5.92 Å². The molecule has 0 radical (unpaired) electrons. The van der Waals surface area contributed by atoms with Crippen molar-refractivity contribution in [2.75, 3.05) is 19.1 Å². The monoisotopic (exact) mass is 294 g/mol. The molecule has 78 valence electrons. The van der Waals surface area contributed by atoms with Gasteiger partial charge in [-0.05, 0) is 34.3 Å². The van der Waals surface area contributed by atoms with Crippen LogP contribution in [-0.4, -0.2) is 25.1 Å². The molecule has 1 aromatic rings. The lowest BCUT2D eigenvalue weighted by atomic mass is 10.1. The van der Waals surface area contributed by atoms with E-state index in [1.54, 1.807) is 23.1 Å². The fourth-order valence-electron chi connectivity index (χ4n) is 1.09. The normalized spacial score (nSPS) is 12.5. The molecule has 0 aliphatic rings. The zero-order valence-corrected chi connectivity index (χ0v) is 11.2. The lowest BCUT2D eigenvalue weighted by molar-refractivity contribution is -0.141. The minimum atomic E-state index is -0.159. The molecule has 0 amide bonds. The predicted octanol–water partition coefficient (Wildman–Crippen LogP) is 3.13. The van der Waals surface area contributed by atoms with Gasteiger partial charge in [0.15, 0.2) is 0 Å². The number of carbonyl (C=O) groups excluding carboxylic acids is 1. The maximum atomic E-state index is 11.5. The van der Waals surface area contributed by atoms with Crippen LogP contribution in [0.3, 0.4) is 0 Å². The van der Waals surface area contributed by atoms with Gasteiger partial charge in [0.05, 0.1) is 10.9 Å². The summed E-state index contributed by atoms with van der Waals surface area (Å²) in [5, 5.41) is 0. The lowest BCUT2D eigenvalue weighted by Crippen LogP contribution is -2.15. The van der Waals surface area contributed by atoms with E-state index in [1.165, 1.54) is 7.11 Å². The van der Waals surface area contributed by atoms with Gasteiger partial charge in [0, 0.05) is 10.6 Å². The van der Waals surface area contributed by atoms with E-state index in [9.17, 15) is 4.79 Å². The van der Waals surface area contributed by atoms with Crippen molar-refractivity contribution in [2.45, 2.75) is 5.92 Å². The smallest absolute Gasteiger partial charge is 0.314 e. The molecule has 5 heteroatoms. The van der Waals surface area contributed by atoms with Crippen molar-refractivity contribution >= 4 is 45.0 Å². The third-order valence-corrected chi connectivity index (χ3v) is 4.16. The number of hydrogen-bond acceptors (Lipinski definition) is 4. The zero-order chi connectivity index (χ0) is 10.6. The van der Waals surface area contributed by atoms with Crippen molar-refractivity contribution in [1.82, 2.24) is 0 Å². The summed E-state index contributed by atoms with van der Waals surface area (Å²) < 4.78 is 5.81. The Morgan fingerprint density at radius 1 is 1.71 bits per heavy atom. The van der Waals surface area contributed by atoms with Gasteiger partial charge in [-0.25, -0.2) is 0 Å². The second-order valence-electron chi connectivity index (χ2n) is 2.67. The first-order valence-electron chi connectivity index (χ1n) is 4.01. The van der Waals surface area contributed by atoms with Crippen LogP contribution in [0.15, 0.2) is 15.9 Å². The molecule has 1 unspecified atom stereocenters. The first-order chi connectivity index (χ1) is 6.69. The fourth-order valence-corrected chi connectivity index (χ4v) is 3.36. The second kappa shape index (κ2) is 5.78. The average molecular weight is 295 g/mol. The average Bonchev–Trinajstić information content (AvgIpc) is 2.60. The highest BCUT2D eigenvalue weighted by Gasteiger charge is 2.22. The highest BCUT2D eigenvalue weighted by Crippen LogP contribution is 2.30. The van der Waals surface area contributed by atoms with Gasteiger partial charge in [-0.1, -0.05) is 0 Å². The van der Waals surface area contributed by atoms with Crippen LogP contribution >= 0.6 is 39.0 Å². The molecule has 1 aromatic heterocycles. The maximum Gasteiger partial charge on any atom is 0.314 e. The standard InChI is InChI=1S/C9H11BrO2S2/c1-12-9(11)6(5-13-2)7-3-4-8(10)14-7/h3-4,6H,5H2,1-2H3. The number of carbonyl (C=O) groups is 1. The molecule has 0 spiro atoms. The highest BCUT2D eigenvalue weighted by molar-refractivity contribution is 9.11. The summed E-state index contributed by atoms with van der Waals surface area (Å²) in [5.41, 5.74) is 0. The van der Waals surface area contributed by atoms with Gasteiger partial charge in [0.25, 0.3) is 0 Å². The minimum Gasteiger partial charge on any atom is -0.469 e. The third kappa shape index (κ3) is 3.00. The molecule has 14 heavy (non-hydrogen) atoms. The van der Waals surface area contributed by atoms with Crippen LogP contribution in [-0.2, 0) is 9.53 Å². The molecule has 1 rings (SSSR count). The van der Waals surface area contributed by atoms with Crippen molar-refractivity contribution in [3.63, 3.8) is 0 Å². The lowest BCUT2D eigenvalue weighted by Gasteiger charge is -2.10. The summed E-state index contributed by atoms with van der Waals surface area (Å²) in [7, 11) is 1.43. The number of ether oxygens (including phenoxy) is 1. The van der Waals surface area contributed by atoms with Gasteiger partial charge in [-0.15, -0.1) is 11.3 Å². The quantitative estimate of drug-likeness (QED) is 0.798. The summed E-state index contributed by atoms with van der Waals surface area (Å²) in [6.45, 7) is 0. The van der Waals surface area contributed by atoms with Crippen LogP contribution in [0.5, 0.6) is 0 Å². The van der Waals surface area contributed by atoms with Crippen molar-refractivity contribution < 1.29 is 9.53 Å². The van der Waals surface area contributed by atoms with E-state index in [4.69, 9.17) is 4.74 Å². The molecule has 0 aliphatic heterocycles. The summed E-state index contributed by atoms with van der Waals surface area (Å²) in [6, 6.07) is 3.92. The van der Waals surface area contributed by atoms with E-state index in [2.05, 4.69) is 15.9 Å². The van der Waals surface area contributed by atoms with Gasteiger partial charge in [-0.2, -0.15) is 11.8 Å². The van der Waals surface area contributed by atoms with Crippen LogP contribution in [0.1, 0.15) is 10.8 Å². The van der Waals surface area contributed by atoms with Crippen LogP contribution in [0.4, 0.5) is 0 Å². The highest BCUT2D eigenvalue weighted by atomic mass is 79.9. The molecule has 1 heterocycles. The Balaban J connectivity index is 2.82. The fraction of sp³-hybridized carbons (Fsp3) is 0.444. The number of methoxy groups -OCH3 is 1. The van der Waals surface area contributed by atoms with Crippen LogP contribution < -0.4 is 0 Å². The Kier molecular flexibility index (Phi) is 4.98. The van der Waals surface area contributed by atoms with E-state index < -0.39 is 0 Å². The Morgan fingerprint density at radius 2 is 2.43 bits per heavy atom. The van der Waals surface area contributed by atoms with Gasteiger partial charge in [0.2, 0.25) is 0 Å². The van der Waals surface area contributed by atoms with Crippen molar-refractivity contribution in [3.05, 3.63) is 20.8 Å². The van der Waals surface area contributed by atoms with E-state index in [0.29, 0.717) is 0 Å². The predicted molar refractivity (Wildman–Crippen MR) is 65.2 cm³/mol. The van der Waals surface area contributed by atoms with E-state index in [1.807, 2.05) is 18.4 Å². The van der Waals surface area contributed by atoms with E-state index >= 15 is 0 Å². The first kappa shape index (κ1) is 12.1. The number of hydrogen-bond donors (Lipinski definition) is 0. The zero-order valence-electron chi connectivity index (χ0n) is 7.95. The Hall–Kier alpha value is -0.0000000000000000833.